The molecule has 3 fully saturated rings. The van der Waals surface area contributed by atoms with Gasteiger partial charge >= 0.3 is 0 Å². The maximum Gasteiger partial charge on any atom is 0.236 e. The summed E-state index contributed by atoms with van der Waals surface area (Å²) >= 11 is 0. The van der Waals surface area contributed by atoms with Crippen molar-refractivity contribution in [3.05, 3.63) is 36.1 Å². The first-order chi connectivity index (χ1) is 15.6. The van der Waals surface area contributed by atoms with Gasteiger partial charge in [-0.3, -0.25) is 14.5 Å². The van der Waals surface area contributed by atoms with E-state index in [1.807, 2.05) is 34.1 Å². The van der Waals surface area contributed by atoms with Crippen LogP contribution in [0.15, 0.2) is 34.7 Å². The summed E-state index contributed by atoms with van der Waals surface area (Å²) in [6.45, 7) is 5.34. The number of rotatable bonds is 9. The molecule has 5 rings (SSSR count). The van der Waals surface area contributed by atoms with Gasteiger partial charge in [0.1, 0.15) is 11.3 Å². The van der Waals surface area contributed by atoms with Crippen LogP contribution in [0.1, 0.15) is 37.9 Å². The fraction of sp³-hybridized carbons (Fsp3) is 0.600. The van der Waals surface area contributed by atoms with Crippen LogP contribution < -0.4 is 0 Å². The monoisotopic (exact) mass is 439 g/mol. The average molecular weight is 440 g/mol. The van der Waals surface area contributed by atoms with E-state index in [0.29, 0.717) is 38.5 Å². The zero-order valence-electron chi connectivity index (χ0n) is 18.7. The third kappa shape index (κ3) is 5.33. The van der Waals surface area contributed by atoms with Gasteiger partial charge in [0.2, 0.25) is 11.8 Å². The largest absolute Gasteiger partial charge is 0.460 e. The number of amides is 2. The first-order valence-corrected chi connectivity index (χ1v) is 12.0. The van der Waals surface area contributed by atoms with E-state index in [1.165, 1.54) is 12.8 Å². The van der Waals surface area contributed by atoms with Gasteiger partial charge in [-0.25, -0.2) is 0 Å². The van der Waals surface area contributed by atoms with Crippen molar-refractivity contribution in [1.29, 1.82) is 0 Å². The zero-order chi connectivity index (χ0) is 21.9. The molecule has 0 radical (unpaired) electrons. The van der Waals surface area contributed by atoms with Crippen LogP contribution in [0, 0.1) is 5.92 Å². The number of furan rings is 1. The maximum absolute atomic E-state index is 13.1. The van der Waals surface area contributed by atoms with Gasteiger partial charge in [-0.05, 0) is 43.7 Å². The van der Waals surface area contributed by atoms with E-state index in [2.05, 4.69) is 11.0 Å². The van der Waals surface area contributed by atoms with Crippen molar-refractivity contribution in [3.8, 4) is 0 Å². The number of likely N-dealkylation sites (tertiary alicyclic amines) is 1. The molecule has 0 unspecified atom stereocenters. The smallest absolute Gasteiger partial charge is 0.236 e. The molecule has 1 aromatic heterocycles. The molecule has 0 N–H and O–H groups in total. The van der Waals surface area contributed by atoms with Crippen molar-refractivity contribution < 1.29 is 18.7 Å². The van der Waals surface area contributed by atoms with Gasteiger partial charge in [-0.1, -0.05) is 18.2 Å². The lowest BCUT2D eigenvalue weighted by molar-refractivity contribution is -0.132. The van der Waals surface area contributed by atoms with Crippen LogP contribution in [0.5, 0.6) is 0 Å². The number of para-hydroxylation sites is 1. The summed E-state index contributed by atoms with van der Waals surface area (Å²) < 4.78 is 12.3. The fourth-order valence-electron chi connectivity index (χ4n) is 4.78. The molecule has 2 amide bonds. The molecule has 1 atom stereocenters. The Morgan fingerprint density at radius 1 is 1.03 bits per heavy atom. The third-order valence-corrected chi connectivity index (χ3v) is 6.75. The number of hydrogen-bond donors (Lipinski definition) is 0. The Hall–Kier alpha value is -2.38. The quantitative estimate of drug-likeness (QED) is 0.601. The number of ether oxygens (including phenoxy) is 1. The Kier molecular flexibility index (Phi) is 6.46. The molecule has 1 saturated carbocycles. The summed E-state index contributed by atoms with van der Waals surface area (Å²) in [5, 5.41) is 1.09. The van der Waals surface area contributed by atoms with Crippen molar-refractivity contribution >= 4 is 22.8 Å². The van der Waals surface area contributed by atoms with Gasteiger partial charge < -0.3 is 19.0 Å². The minimum absolute atomic E-state index is 0.000142. The molecule has 32 heavy (non-hydrogen) atoms. The van der Waals surface area contributed by atoms with Crippen molar-refractivity contribution in [2.45, 2.75) is 44.8 Å². The van der Waals surface area contributed by atoms with E-state index in [1.54, 1.807) is 0 Å². The van der Waals surface area contributed by atoms with Gasteiger partial charge in [0.15, 0.2) is 0 Å². The predicted molar refractivity (Wildman–Crippen MR) is 121 cm³/mol. The molecule has 7 nitrogen and oxygen atoms in total. The lowest BCUT2D eigenvalue weighted by atomic mass is 10.2. The predicted octanol–water partition coefficient (Wildman–Crippen LogP) is 2.88. The lowest BCUT2D eigenvalue weighted by Crippen LogP contribution is -2.40. The van der Waals surface area contributed by atoms with Crippen LogP contribution in [-0.4, -0.2) is 78.5 Å². The highest BCUT2D eigenvalue weighted by Gasteiger charge is 2.31. The third-order valence-electron chi connectivity index (χ3n) is 6.75. The molecule has 3 aliphatic rings. The Bertz CT molecular complexity index is 921. The summed E-state index contributed by atoms with van der Waals surface area (Å²) in [4.78, 5) is 31.0. The van der Waals surface area contributed by atoms with Crippen molar-refractivity contribution in [1.82, 2.24) is 14.7 Å². The van der Waals surface area contributed by atoms with E-state index in [9.17, 15) is 9.59 Å². The summed E-state index contributed by atoms with van der Waals surface area (Å²) in [6, 6.07) is 10.1. The first kappa shape index (κ1) is 21.5. The molecule has 0 spiro atoms. The van der Waals surface area contributed by atoms with Crippen LogP contribution in [0.4, 0.5) is 0 Å². The maximum atomic E-state index is 13.1. The number of nitrogens with zero attached hydrogens (tertiary/aromatic N) is 3. The Balaban J connectivity index is 1.22. The van der Waals surface area contributed by atoms with E-state index in [4.69, 9.17) is 9.15 Å². The normalized spacial score (nSPS) is 22.8. The van der Waals surface area contributed by atoms with E-state index in [0.717, 1.165) is 55.8 Å². The molecule has 1 aliphatic carbocycles. The highest BCUT2D eigenvalue weighted by Crippen LogP contribution is 2.29. The molecule has 0 bridgehead atoms. The molecular weight excluding hydrogens is 406 g/mol. The van der Waals surface area contributed by atoms with Crippen molar-refractivity contribution in [3.63, 3.8) is 0 Å². The van der Waals surface area contributed by atoms with Crippen LogP contribution in [-0.2, 0) is 20.9 Å². The SMILES string of the molecule is O=C1CCCN1CCCN1C[C@@H](OCC2CC2)CN(Cc2cc3ccccc3o2)CC1=O. The molecule has 1 aromatic carbocycles. The minimum atomic E-state index is -0.000142. The second-order valence-corrected chi connectivity index (χ2v) is 9.50. The number of fused-ring (bicyclic) bond motifs is 1. The standard InChI is InChI=1S/C25H33N3O4/c29-24-7-3-10-27(24)11-4-12-28-16-22(31-18-19-8-9-19)15-26(17-25(28)30)14-21-13-20-5-1-2-6-23(20)32-21/h1-2,5-6,13,19,22H,3-4,7-12,14-18H2/t22-/m0/s1. The Labute approximate surface area is 189 Å². The second kappa shape index (κ2) is 9.63. The number of carbonyl (C=O) groups excluding carboxylic acids is 2. The topological polar surface area (TPSA) is 66.2 Å². The lowest BCUT2D eigenvalue weighted by Gasteiger charge is -2.25. The fourth-order valence-corrected chi connectivity index (χ4v) is 4.78. The van der Waals surface area contributed by atoms with Gasteiger partial charge in [0.05, 0.1) is 19.2 Å². The van der Waals surface area contributed by atoms with Gasteiger partial charge in [-0.15, -0.1) is 0 Å². The Morgan fingerprint density at radius 2 is 1.88 bits per heavy atom. The summed E-state index contributed by atoms with van der Waals surface area (Å²) in [6.07, 6.45) is 4.94. The van der Waals surface area contributed by atoms with E-state index < -0.39 is 0 Å². The average Bonchev–Trinajstić information content (AvgIpc) is 3.42. The van der Waals surface area contributed by atoms with E-state index in [-0.39, 0.29) is 17.9 Å². The summed E-state index contributed by atoms with van der Waals surface area (Å²) in [7, 11) is 0. The van der Waals surface area contributed by atoms with Gasteiger partial charge in [0.25, 0.3) is 0 Å². The number of carbonyl (C=O) groups is 2. The Morgan fingerprint density at radius 3 is 2.66 bits per heavy atom. The summed E-state index contributed by atoms with van der Waals surface area (Å²) in [5.74, 6) is 1.94. The molecule has 7 heteroatoms. The molecule has 3 heterocycles. The molecule has 2 aliphatic heterocycles. The molecule has 2 aromatic rings. The van der Waals surface area contributed by atoms with Crippen LogP contribution in [0.3, 0.4) is 0 Å². The molecular formula is C25H33N3O4. The van der Waals surface area contributed by atoms with Crippen molar-refractivity contribution in [2.75, 3.05) is 45.9 Å². The number of benzene rings is 1. The van der Waals surface area contributed by atoms with Crippen LogP contribution >= 0.6 is 0 Å². The summed E-state index contributed by atoms with van der Waals surface area (Å²) in [5.41, 5.74) is 0.878. The highest BCUT2D eigenvalue weighted by atomic mass is 16.5. The molecule has 2 saturated heterocycles. The number of hydrogen-bond acceptors (Lipinski definition) is 5. The van der Waals surface area contributed by atoms with Crippen LogP contribution in [0.2, 0.25) is 0 Å². The van der Waals surface area contributed by atoms with Gasteiger partial charge in [0, 0.05) is 51.1 Å². The minimum Gasteiger partial charge on any atom is -0.460 e. The van der Waals surface area contributed by atoms with E-state index >= 15 is 0 Å². The zero-order valence-corrected chi connectivity index (χ0v) is 18.7. The van der Waals surface area contributed by atoms with Gasteiger partial charge in [-0.2, -0.15) is 0 Å². The first-order valence-electron chi connectivity index (χ1n) is 12.0. The van der Waals surface area contributed by atoms with Crippen LogP contribution in [0.25, 0.3) is 11.0 Å². The van der Waals surface area contributed by atoms with Crippen molar-refractivity contribution in [2.24, 2.45) is 5.92 Å². The highest BCUT2D eigenvalue weighted by molar-refractivity contribution is 5.79. The second-order valence-electron chi connectivity index (χ2n) is 9.50. The molecule has 172 valence electrons.